The molecule has 6 aromatic rings. The first-order chi connectivity index (χ1) is 29.2. The van der Waals surface area contributed by atoms with Crippen LogP contribution in [0.1, 0.15) is 57.8 Å². The molecule has 0 unspecified atom stereocenters. The Morgan fingerprint density at radius 2 is 1.21 bits per heavy atom. The molecule has 324 valence electrons. The smallest absolute Gasteiger partial charge is 0.476 e. The molecule has 1 amide bonds. The van der Waals surface area contributed by atoms with Crippen molar-refractivity contribution in [2.45, 2.75) is 63.6 Å². The van der Waals surface area contributed by atoms with E-state index >= 15 is 0 Å². The van der Waals surface area contributed by atoms with Crippen LogP contribution < -0.4 is 14.8 Å². The van der Waals surface area contributed by atoms with Crippen LogP contribution in [0.4, 0.5) is 26.3 Å². The van der Waals surface area contributed by atoms with E-state index in [9.17, 15) is 35.9 Å². The minimum absolute atomic E-state index is 0.0706. The lowest BCUT2D eigenvalue weighted by molar-refractivity contribution is -0.275. The number of fused-ring (bicyclic) bond motifs is 2. The van der Waals surface area contributed by atoms with Crippen molar-refractivity contribution in [2.24, 2.45) is 0 Å². The minimum Gasteiger partial charge on any atom is -0.476 e. The normalized spacial score (nSPS) is 15.0. The molecule has 4 aromatic heterocycles. The Bertz CT molecular complexity index is 2290. The highest BCUT2D eigenvalue weighted by atomic mass is 19.4. The Balaban J connectivity index is 0.000000170. The number of carboxylic acid groups (broad SMARTS) is 1. The first-order valence-corrected chi connectivity index (χ1v) is 19.2. The summed E-state index contributed by atoms with van der Waals surface area (Å²) in [5, 5.41) is 11.9. The summed E-state index contributed by atoms with van der Waals surface area (Å²) in [5.74, 6) is -1.77. The maximum Gasteiger partial charge on any atom is 0.573 e. The number of alkyl halides is 6. The van der Waals surface area contributed by atoms with Gasteiger partial charge in [-0.25, -0.2) is 14.8 Å². The summed E-state index contributed by atoms with van der Waals surface area (Å²) in [7, 11) is 0. The SMILES string of the molecule is FC(F)(F)Oc1cccc(CNC2CCOCC2)c1.O=C(O)c1cn2ccccc2n1.O=C(c1cn2ccccc2n1)N(Cc1cccc(OC(F)(F)F)c1)C1CCOCC1. The van der Waals surface area contributed by atoms with Gasteiger partial charge in [-0.1, -0.05) is 36.4 Å². The topological polar surface area (TPSA) is 141 Å². The molecule has 19 heteroatoms. The van der Waals surface area contributed by atoms with Crippen molar-refractivity contribution in [1.29, 1.82) is 0 Å². The zero-order chi connectivity index (χ0) is 43.4. The molecule has 2 aliphatic heterocycles. The lowest BCUT2D eigenvalue weighted by Gasteiger charge is -2.34. The number of aromatic nitrogens is 4. The van der Waals surface area contributed by atoms with Gasteiger partial charge in [0.15, 0.2) is 5.69 Å². The van der Waals surface area contributed by atoms with Crippen molar-refractivity contribution in [1.82, 2.24) is 29.0 Å². The second kappa shape index (κ2) is 20.4. The van der Waals surface area contributed by atoms with Gasteiger partial charge in [-0.05, 0) is 85.3 Å². The quantitative estimate of drug-likeness (QED) is 0.131. The summed E-state index contributed by atoms with van der Waals surface area (Å²) >= 11 is 0. The number of benzene rings is 2. The van der Waals surface area contributed by atoms with Gasteiger partial charge in [-0.3, -0.25) is 4.79 Å². The predicted octanol–water partition coefficient (Wildman–Crippen LogP) is 7.94. The second-order valence-electron chi connectivity index (χ2n) is 13.9. The lowest BCUT2D eigenvalue weighted by atomic mass is 10.0. The number of pyridine rings is 2. The van der Waals surface area contributed by atoms with Gasteiger partial charge >= 0.3 is 18.7 Å². The number of amides is 1. The van der Waals surface area contributed by atoms with E-state index in [1.165, 1.54) is 36.5 Å². The molecule has 2 aliphatic rings. The van der Waals surface area contributed by atoms with Crippen LogP contribution in [-0.2, 0) is 22.6 Å². The van der Waals surface area contributed by atoms with E-state index in [2.05, 4.69) is 24.8 Å². The summed E-state index contributed by atoms with van der Waals surface area (Å²) in [6.45, 7) is 3.18. The van der Waals surface area contributed by atoms with Gasteiger partial charge in [-0.15, -0.1) is 26.3 Å². The van der Waals surface area contributed by atoms with Crippen molar-refractivity contribution in [3.63, 3.8) is 0 Å². The fourth-order valence-electron chi connectivity index (χ4n) is 6.64. The van der Waals surface area contributed by atoms with Gasteiger partial charge in [0.05, 0.1) is 0 Å². The van der Waals surface area contributed by atoms with E-state index in [4.69, 9.17) is 14.6 Å². The number of carbonyl (C=O) groups excluding carboxylic acids is 1. The number of aromatic carboxylic acids is 1. The van der Waals surface area contributed by atoms with Crippen LogP contribution >= 0.6 is 0 Å². The molecule has 0 aliphatic carbocycles. The molecule has 61 heavy (non-hydrogen) atoms. The molecule has 0 radical (unpaired) electrons. The molecular formula is C42H42F6N6O7. The molecular weight excluding hydrogens is 814 g/mol. The minimum atomic E-state index is -4.77. The lowest BCUT2D eigenvalue weighted by Crippen LogP contribution is -2.43. The zero-order valence-corrected chi connectivity index (χ0v) is 32.5. The molecule has 2 aromatic carbocycles. The van der Waals surface area contributed by atoms with E-state index in [-0.39, 0.29) is 41.4 Å². The third-order valence-electron chi connectivity index (χ3n) is 9.49. The van der Waals surface area contributed by atoms with Gasteiger partial charge in [0.25, 0.3) is 5.91 Å². The average Bonchev–Trinajstić information content (AvgIpc) is 3.88. The number of halogens is 6. The number of carbonyl (C=O) groups is 2. The number of hydrogen-bond donors (Lipinski definition) is 2. The van der Waals surface area contributed by atoms with Crippen LogP contribution in [0.15, 0.2) is 110 Å². The van der Waals surface area contributed by atoms with Crippen molar-refractivity contribution < 1.29 is 60.0 Å². The summed E-state index contributed by atoms with van der Waals surface area (Å²) in [6.07, 6.45) is 0.445. The first kappa shape index (κ1) is 44.4. The highest BCUT2D eigenvalue weighted by Crippen LogP contribution is 2.27. The number of nitrogens with zero attached hydrogens (tertiary/aromatic N) is 5. The molecule has 0 saturated carbocycles. The Labute approximate surface area is 345 Å². The van der Waals surface area contributed by atoms with Crippen LogP contribution in [0.5, 0.6) is 11.5 Å². The molecule has 6 heterocycles. The van der Waals surface area contributed by atoms with E-state index in [0.717, 1.165) is 31.6 Å². The van der Waals surface area contributed by atoms with Crippen molar-refractivity contribution in [2.75, 3.05) is 26.4 Å². The summed E-state index contributed by atoms with van der Waals surface area (Å²) in [5.41, 5.74) is 2.97. The van der Waals surface area contributed by atoms with Crippen LogP contribution in [0.25, 0.3) is 11.3 Å². The van der Waals surface area contributed by atoms with Crippen LogP contribution in [0.2, 0.25) is 0 Å². The molecule has 2 N–H and O–H groups in total. The van der Waals surface area contributed by atoms with Gasteiger partial charge in [-0.2, -0.15) is 0 Å². The van der Waals surface area contributed by atoms with Gasteiger partial charge in [0.1, 0.15) is 28.5 Å². The summed E-state index contributed by atoms with van der Waals surface area (Å²) < 4.78 is 96.0. The largest absolute Gasteiger partial charge is 0.573 e. The Hall–Kier alpha value is -6.18. The molecule has 13 nitrogen and oxygen atoms in total. The number of ether oxygens (including phenoxy) is 4. The number of nitrogens with one attached hydrogen (secondary N) is 1. The Kier molecular flexibility index (Phi) is 14.8. The van der Waals surface area contributed by atoms with E-state index < -0.39 is 18.7 Å². The van der Waals surface area contributed by atoms with E-state index in [1.54, 1.807) is 62.6 Å². The standard InChI is InChI=1S/C21H20F3N3O3.C13H16F3NO2.C8H6N2O2/c22-21(23,24)30-17-5-3-4-15(12-17)13-27(16-7-10-29-11-8-16)20(28)18-14-26-9-2-1-6-19(26)25-18;14-13(15,16)19-12-3-1-2-10(8-12)9-17-11-4-6-18-7-5-11;11-8(12)6-5-10-4-2-1-3-7(10)9-6/h1-6,9,12,14,16H,7-8,10-11,13H2;1-3,8,11,17H,4-7,9H2;1-5H,(H,11,12). The van der Waals surface area contributed by atoms with Gasteiger partial charge in [0.2, 0.25) is 0 Å². The van der Waals surface area contributed by atoms with Crippen LogP contribution in [0.3, 0.4) is 0 Å². The van der Waals surface area contributed by atoms with E-state index in [0.29, 0.717) is 55.5 Å². The van der Waals surface area contributed by atoms with Crippen molar-refractivity contribution in [3.8, 4) is 11.5 Å². The molecule has 2 fully saturated rings. The monoisotopic (exact) mass is 856 g/mol. The third-order valence-corrected chi connectivity index (χ3v) is 9.49. The number of imidazole rings is 2. The van der Waals surface area contributed by atoms with Gasteiger partial charge in [0, 0.05) is 76.4 Å². The fraction of sp³-hybridized carbons (Fsp3) is 0.333. The zero-order valence-electron chi connectivity index (χ0n) is 32.5. The number of rotatable bonds is 10. The molecule has 0 bridgehead atoms. The molecule has 2 saturated heterocycles. The maximum absolute atomic E-state index is 13.3. The van der Waals surface area contributed by atoms with Crippen LogP contribution in [-0.4, -0.2) is 91.9 Å². The highest BCUT2D eigenvalue weighted by Gasteiger charge is 2.33. The predicted molar refractivity (Wildman–Crippen MR) is 208 cm³/mol. The fourth-order valence-corrected chi connectivity index (χ4v) is 6.64. The average molecular weight is 857 g/mol. The van der Waals surface area contributed by atoms with Gasteiger partial charge < -0.3 is 43.1 Å². The molecule has 0 atom stereocenters. The van der Waals surface area contributed by atoms with Crippen molar-refractivity contribution >= 4 is 23.2 Å². The maximum atomic E-state index is 13.3. The summed E-state index contributed by atoms with van der Waals surface area (Å²) in [6, 6.07) is 22.8. The summed E-state index contributed by atoms with van der Waals surface area (Å²) in [4.78, 5) is 33.8. The molecule has 0 spiro atoms. The number of carboxylic acids is 1. The molecule has 8 rings (SSSR count). The Morgan fingerprint density at radius 1 is 0.705 bits per heavy atom. The first-order valence-electron chi connectivity index (χ1n) is 19.2. The van der Waals surface area contributed by atoms with Crippen LogP contribution in [0, 0.1) is 0 Å². The second-order valence-corrected chi connectivity index (χ2v) is 13.9. The van der Waals surface area contributed by atoms with Crippen molar-refractivity contribution in [3.05, 3.63) is 132 Å². The number of hydrogen-bond acceptors (Lipinski definition) is 9. The Morgan fingerprint density at radius 3 is 1.75 bits per heavy atom. The highest BCUT2D eigenvalue weighted by molar-refractivity contribution is 5.93. The third kappa shape index (κ3) is 13.7. The van der Waals surface area contributed by atoms with E-state index in [1.807, 2.05) is 24.3 Å².